The molecule has 0 atom stereocenters. The van der Waals surface area contributed by atoms with E-state index in [0.29, 0.717) is 29.1 Å². The van der Waals surface area contributed by atoms with E-state index in [2.05, 4.69) is 4.74 Å². The molecule has 0 saturated heterocycles. The summed E-state index contributed by atoms with van der Waals surface area (Å²) in [6.07, 6.45) is 3.40. The number of carbonyl (C=O) groups is 2. The fourth-order valence-corrected chi connectivity index (χ4v) is 4.18. The lowest BCUT2D eigenvalue weighted by Crippen LogP contribution is -2.20. The minimum atomic E-state index is -1.70. The van der Waals surface area contributed by atoms with Crippen molar-refractivity contribution < 1.29 is 37.0 Å². The average Bonchev–Trinajstić information content (AvgIpc) is 3.27. The van der Waals surface area contributed by atoms with Gasteiger partial charge >= 0.3 is 11.9 Å². The summed E-state index contributed by atoms with van der Waals surface area (Å²) in [7, 11) is 1.21. The van der Waals surface area contributed by atoms with Crippen molar-refractivity contribution in [1.29, 1.82) is 0 Å². The molecule has 37 heavy (non-hydrogen) atoms. The summed E-state index contributed by atoms with van der Waals surface area (Å²) in [4.78, 5) is 36.3. The minimum Gasteiger partial charge on any atom is -0.477 e. The predicted octanol–water partition coefficient (Wildman–Crippen LogP) is 4.98. The Balaban J connectivity index is 1.85. The number of hydrogen-bond acceptors (Lipinski definition) is 4. The highest BCUT2D eigenvalue weighted by Gasteiger charge is 2.25. The Morgan fingerprint density at radius 2 is 1.62 bits per heavy atom. The van der Waals surface area contributed by atoms with Gasteiger partial charge < -0.3 is 19.0 Å². The van der Waals surface area contributed by atoms with Gasteiger partial charge in [0.15, 0.2) is 11.6 Å². The maximum atomic E-state index is 16.0. The van der Waals surface area contributed by atoms with E-state index in [1.165, 1.54) is 37.7 Å². The first kappa shape index (κ1) is 23.8. The Kier molecular flexibility index (Phi) is 5.55. The Labute approximate surface area is 204 Å². The molecule has 2 aromatic heterocycles. The average molecular weight is 510 g/mol. The maximum Gasteiger partial charge on any atom is 0.341 e. The Morgan fingerprint density at radius 1 is 0.892 bits per heavy atom. The minimum absolute atomic E-state index is 0.203. The van der Waals surface area contributed by atoms with Gasteiger partial charge in [0.05, 0.1) is 29.3 Å². The van der Waals surface area contributed by atoms with Gasteiger partial charge in [0, 0.05) is 30.0 Å². The van der Waals surface area contributed by atoms with Crippen LogP contribution in [0.15, 0.2) is 65.8 Å². The molecule has 0 bridgehead atoms. The van der Waals surface area contributed by atoms with Gasteiger partial charge in [-0.3, -0.25) is 4.79 Å². The molecule has 5 rings (SSSR count). The quantitative estimate of drug-likeness (QED) is 0.272. The number of esters is 1. The van der Waals surface area contributed by atoms with Crippen LogP contribution in [-0.4, -0.2) is 33.3 Å². The van der Waals surface area contributed by atoms with Gasteiger partial charge in [-0.2, -0.15) is 0 Å². The molecule has 0 aliphatic carbocycles. The molecule has 7 nitrogen and oxygen atoms in total. The second-order valence-corrected chi connectivity index (χ2v) is 8.06. The van der Waals surface area contributed by atoms with Crippen molar-refractivity contribution in [2.45, 2.75) is 0 Å². The number of carboxylic acids is 1. The third-order valence-corrected chi connectivity index (χ3v) is 5.88. The molecule has 0 aliphatic rings. The molecule has 186 valence electrons. The molecule has 2 heterocycles. The van der Waals surface area contributed by atoms with Crippen molar-refractivity contribution in [3.63, 3.8) is 0 Å². The lowest BCUT2D eigenvalue weighted by atomic mass is 10.1. The molecule has 3 aromatic carbocycles. The van der Waals surface area contributed by atoms with Crippen LogP contribution >= 0.6 is 0 Å². The number of benzene rings is 3. The predicted molar refractivity (Wildman–Crippen MR) is 125 cm³/mol. The first-order valence-electron chi connectivity index (χ1n) is 10.6. The van der Waals surface area contributed by atoms with Gasteiger partial charge in [-0.05, 0) is 35.7 Å². The number of fused-ring (bicyclic) bond motifs is 2. The van der Waals surface area contributed by atoms with Crippen molar-refractivity contribution in [2.24, 2.45) is 0 Å². The number of aromatic nitrogens is 2. The highest BCUT2D eigenvalue weighted by molar-refractivity contribution is 5.96. The molecule has 1 N–H and O–H groups in total. The number of rotatable bonds is 4. The summed E-state index contributed by atoms with van der Waals surface area (Å²) in [5, 5.41) is 9.73. The zero-order valence-corrected chi connectivity index (χ0v) is 18.8. The number of hydrogen-bond donors (Lipinski definition) is 1. The summed E-state index contributed by atoms with van der Waals surface area (Å²) < 4.78 is 66.0. The lowest BCUT2D eigenvalue weighted by molar-refractivity contribution is 0.0600. The number of ether oxygens (including phenoxy) is 1. The molecule has 0 fully saturated rings. The van der Waals surface area contributed by atoms with Crippen LogP contribution in [0.25, 0.3) is 33.1 Å². The fourth-order valence-electron chi connectivity index (χ4n) is 4.18. The van der Waals surface area contributed by atoms with E-state index in [9.17, 15) is 28.3 Å². The van der Waals surface area contributed by atoms with Gasteiger partial charge in [0.2, 0.25) is 5.43 Å². The number of carbonyl (C=O) groups excluding carboxylic acids is 1. The van der Waals surface area contributed by atoms with E-state index >= 15 is 8.78 Å². The molecule has 0 radical (unpaired) electrons. The van der Waals surface area contributed by atoms with Gasteiger partial charge in [-0.15, -0.1) is 0 Å². The van der Waals surface area contributed by atoms with Crippen LogP contribution in [0.4, 0.5) is 17.6 Å². The molecule has 0 aliphatic heterocycles. The molecular weight excluding hydrogens is 496 g/mol. The van der Waals surface area contributed by atoms with Gasteiger partial charge in [-0.1, -0.05) is 6.07 Å². The van der Waals surface area contributed by atoms with Gasteiger partial charge in [-0.25, -0.2) is 27.2 Å². The number of aromatic carboxylic acids is 1. The normalized spacial score (nSPS) is 11.3. The Bertz CT molecular complexity index is 1840. The van der Waals surface area contributed by atoms with Crippen LogP contribution in [0, 0.1) is 23.3 Å². The van der Waals surface area contributed by atoms with Crippen molar-refractivity contribution in [1.82, 2.24) is 9.13 Å². The molecule has 11 heteroatoms. The fraction of sp³-hybridized carbons (Fsp3) is 0.0385. The van der Waals surface area contributed by atoms with Crippen LogP contribution in [0.2, 0.25) is 0 Å². The van der Waals surface area contributed by atoms with Crippen molar-refractivity contribution >= 4 is 33.6 Å². The number of nitrogens with zero attached hydrogens (tertiary/aromatic N) is 2. The molecule has 0 spiro atoms. The van der Waals surface area contributed by atoms with E-state index in [0.717, 1.165) is 21.3 Å². The number of pyridine rings is 1. The highest BCUT2D eigenvalue weighted by atomic mass is 19.1. The van der Waals surface area contributed by atoms with Crippen molar-refractivity contribution in [2.75, 3.05) is 7.11 Å². The number of methoxy groups -OCH3 is 1. The zero-order chi connectivity index (χ0) is 26.6. The Hall–Kier alpha value is -4.93. The van der Waals surface area contributed by atoms with Crippen LogP contribution in [-0.2, 0) is 4.74 Å². The molecule has 0 unspecified atom stereocenters. The van der Waals surface area contributed by atoms with Gasteiger partial charge in [0.25, 0.3) is 0 Å². The van der Waals surface area contributed by atoms with Crippen LogP contribution in [0.1, 0.15) is 20.7 Å². The summed E-state index contributed by atoms with van der Waals surface area (Å²) in [5.74, 6) is -6.94. The monoisotopic (exact) mass is 510 g/mol. The zero-order valence-electron chi connectivity index (χ0n) is 18.8. The van der Waals surface area contributed by atoms with Crippen LogP contribution in [0.5, 0.6) is 0 Å². The highest BCUT2D eigenvalue weighted by Crippen LogP contribution is 2.31. The van der Waals surface area contributed by atoms with Gasteiger partial charge in [0.1, 0.15) is 22.9 Å². The van der Waals surface area contributed by atoms with E-state index < -0.39 is 68.5 Å². The topological polar surface area (TPSA) is 90.5 Å². The lowest BCUT2D eigenvalue weighted by Gasteiger charge is -2.16. The van der Waals surface area contributed by atoms with Crippen LogP contribution in [0.3, 0.4) is 0 Å². The molecular formula is C26H14F4N2O5. The van der Waals surface area contributed by atoms with E-state index in [4.69, 9.17) is 0 Å². The first-order chi connectivity index (χ1) is 17.6. The number of halogens is 4. The van der Waals surface area contributed by atoms with Crippen molar-refractivity contribution in [3.05, 3.63) is 106 Å². The third kappa shape index (κ3) is 3.80. The summed E-state index contributed by atoms with van der Waals surface area (Å²) in [5.41, 5.74) is -3.59. The van der Waals surface area contributed by atoms with E-state index in [1.54, 1.807) is 0 Å². The molecule has 0 saturated carbocycles. The summed E-state index contributed by atoms with van der Waals surface area (Å²) >= 11 is 0. The first-order valence-corrected chi connectivity index (χ1v) is 10.6. The second kappa shape index (κ2) is 8.63. The van der Waals surface area contributed by atoms with Crippen molar-refractivity contribution in [3.8, 4) is 11.4 Å². The molecule has 0 amide bonds. The largest absolute Gasteiger partial charge is 0.477 e. The molecule has 5 aromatic rings. The maximum absolute atomic E-state index is 16.0. The smallest absolute Gasteiger partial charge is 0.341 e. The van der Waals surface area contributed by atoms with E-state index in [1.807, 2.05) is 0 Å². The third-order valence-electron chi connectivity index (χ3n) is 5.88. The second-order valence-electron chi connectivity index (χ2n) is 8.06. The summed E-state index contributed by atoms with van der Waals surface area (Å²) in [6.45, 7) is 0. The van der Waals surface area contributed by atoms with E-state index in [-0.39, 0.29) is 5.56 Å². The van der Waals surface area contributed by atoms with Crippen LogP contribution < -0.4 is 5.43 Å². The Morgan fingerprint density at radius 3 is 2.30 bits per heavy atom. The SMILES string of the molecule is COC(=O)c1ccc2cn(-c3c(F)cc4c(=O)c(C(=O)O)cn(-c5ccc(F)cc5F)c4c3F)cc2c1. The number of carboxylic acid groups (broad SMARTS) is 1. The standard InChI is InChI=1S/C26H14F4N2O5/c1-37-26(36)12-2-3-13-9-31(10-14(13)6-12)23-19(29)8-16-22(21(23)30)32(11-17(24(16)33)25(34)35)20-5-4-15(27)7-18(20)28/h2-11H,1H3,(H,34,35). The summed E-state index contributed by atoms with van der Waals surface area (Å²) in [6, 6.07) is 7.41.